The first-order chi connectivity index (χ1) is 9.05. The van der Waals surface area contributed by atoms with E-state index in [0.29, 0.717) is 18.1 Å². The summed E-state index contributed by atoms with van der Waals surface area (Å²) in [6.07, 6.45) is 3.44. The Bertz CT molecular complexity index is 469. The number of carbonyl (C=O) groups is 1. The third-order valence-corrected chi connectivity index (χ3v) is 5.76. The molecule has 1 aromatic rings. The first-order valence-electron chi connectivity index (χ1n) is 6.33. The Labute approximate surface area is 126 Å². The zero-order valence-corrected chi connectivity index (χ0v) is 13.3. The smallest absolute Gasteiger partial charge is 0.325 e. The van der Waals surface area contributed by atoms with Crippen LogP contribution < -0.4 is 5.73 Å². The van der Waals surface area contributed by atoms with Crippen molar-refractivity contribution in [1.82, 2.24) is 0 Å². The van der Waals surface area contributed by atoms with Gasteiger partial charge in [0, 0.05) is 14.6 Å². The van der Waals surface area contributed by atoms with Crippen LogP contribution in [0.25, 0.3) is 0 Å². The van der Waals surface area contributed by atoms with Crippen molar-refractivity contribution in [2.75, 3.05) is 7.11 Å². The molecule has 5 heteroatoms. The lowest BCUT2D eigenvalue weighted by molar-refractivity contribution is -0.148. The summed E-state index contributed by atoms with van der Waals surface area (Å²) in [6, 6.07) is 8.13. The number of ether oxygens (including phenoxy) is 1. The molecule has 0 bridgehead atoms. The molecule has 2 atom stereocenters. The molecule has 0 radical (unpaired) electrons. The van der Waals surface area contributed by atoms with Gasteiger partial charge in [0.2, 0.25) is 0 Å². The lowest BCUT2D eigenvalue weighted by atomic mass is 9.82. The maximum Gasteiger partial charge on any atom is 0.325 e. The minimum Gasteiger partial charge on any atom is -0.468 e. The number of carbonyl (C=O) groups excluding carboxylic acids is 1. The van der Waals surface area contributed by atoms with Gasteiger partial charge in [0.05, 0.1) is 7.11 Å². The summed E-state index contributed by atoms with van der Waals surface area (Å²) >= 11 is 5.34. The molecule has 0 spiro atoms. The van der Waals surface area contributed by atoms with Crippen molar-refractivity contribution in [2.45, 2.75) is 41.4 Å². The maximum absolute atomic E-state index is 11.8. The first kappa shape index (κ1) is 14.9. The van der Waals surface area contributed by atoms with E-state index in [4.69, 9.17) is 10.5 Å². The number of esters is 1. The largest absolute Gasteiger partial charge is 0.468 e. The van der Waals surface area contributed by atoms with Gasteiger partial charge >= 0.3 is 5.97 Å². The van der Waals surface area contributed by atoms with E-state index in [1.165, 1.54) is 12.0 Å². The SMILES string of the molecule is COC(=O)C1(N)CCCC(Sc2ccccc2Br)C1. The molecule has 104 valence electrons. The minimum atomic E-state index is -0.814. The highest BCUT2D eigenvalue weighted by Gasteiger charge is 2.40. The van der Waals surface area contributed by atoms with Crippen LogP contribution in [-0.2, 0) is 9.53 Å². The molecule has 0 aliphatic heterocycles. The Hall–Kier alpha value is -0.520. The molecule has 1 aliphatic rings. The molecule has 1 fully saturated rings. The summed E-state index contributed by atoms with van der Waals surface area (Å²) in [5.41, 5.74) is 5.38. The summed E-state index contributed by atoms with van der Waals surface area (Å²) in [4.78, 5) is 13.0. The average Bonchev–Trinajstić information content (AvgIpc) is 2.40. The van der Waals surface area contributed by atoms with Crippen LogP contribution >= 0.6 is 27.7 Å². The van der Waals surface area contributed by atoms with Crippen LogP contribution in [0, 0.1) is 0 Å². The lowest BCUT2D eigenvalue weighted by Crippen LogP contribution is -2.52. The number of thioether (sulfide) groups is 1. The molecule has 2 rings (SSSR count). The molecule has 1 aromatic carbocycles. The fraction of sp³-hybridized carbons (Fsp3) is 0.500. The minimum absolute atomic E-state index is 0.287. The molecule has 19 heavy (non-hydrogen) atoms. The summed E-state index contributed by atoms with van der Waals surface area (Å²) in [6.45, 7) is 0. The van der Waals surface area contributed by atoms with Crippen LogP contribution in [0.3, 0.4) is 0 Å². The highest BCUT2D eigenvalue weighted by atomic mass is 79.9. The Morgan fingerprint density at radius 1 is 1.53 bits per heavy atom. The molecule has 0 amide bonds. The molecule has 0 heterocycles. The number of hydrogen-bond donors (Lipinski definition) is 1. The van der Waals surface area contributed by atoms with Gasteiger partial charge in [-0.1, -0.05) is 12.1 Å². The van der Waals surface area contributed by atoms with Gasteiger partial charge in [0.15, 0.2) is 0 Å². The monoisotopic (exact) mass is 343 g/mol. The number of halogens is 1. The molecule has 1 saturated carbocycles. The third-order valence-electron chi connectivity index (χ3n) is 3.46. The molecule has 0 aromatic heterocycles. The second kappa shape index (κ2) is 6.29. The number of nitrogens with two attached hydrogens (primary N) is 1. The van der Waals surface area contributed by atoms with Gasteiger partial charge in [-0.25, -0.2) is 0 Å². The molecular formula is C14H18BrNO2S. The fourth-order valence-corrected chi connectivity index (χ4v) is 4.39. The van der Waals surface area contributed by atoms with Crippen LogP contribution in [-0.4, -0.2) is 23.9 Å². The summed E-state index contributed by atoms with van der Waals surface area (Å²) in [7, 11) is 1.40. The van der Waals surface area contributed by atoms with Crippen molar-refractivity contribution >= 4 is 33.7 Å². The van der Waals surface area contributed by atoms with E-state index in [1.54, 1.807) is 11.8 Å². The first-order valence-corrected chi connectivity index (χ1v) is 8.01. The molecule has 0 saturated heterocycles. The van der Waals surface area contributed by atoms with E-state index in [0.717, 1.165) is 17.3 Å². The highest BCUT2D eigenvalue weighted by Crippen LogP contribution is 2.39. The van der Waals surface area contributed by atoms with Crippen LogP contribution in [0.2, 0.25) is 0 Å². The van der Waals surface area contributed by atoms with E-state index < -0.39 is 5.54 Å². The molecular weight excluding hydrogens is 326 g/mol. The summed E-state index contributed by atoms with van der Waals surface area (Å²) in [5, 5.41) is 0.358. The van der Waals surface area contributed by atoms with Crippen molar-refractivity contribution in [2.24, 2.45) is 5.73 Å². The number of rotatable bonds is 3. The predicted octanol–water partition coefficient (Wildman–Crippen LogP) is 3.35. The molecule has 2 unspecified atom stereocenters. The van der Waals surface area contributed by atoms with Gasteiger partial charge in [-0.15, -0.1) is 11.8 Å². The summed E-state index contributed by atoms with van der Waals surface area (Å²) in [5.74, 6) is -0.287. The summed E-state index contributed by atoms with van der Waals surface area (Å²) < 4.78 is 5.92. The number of methoxy groups -OCH3 is 1. The number of hydrogen-bond acceptors (Lipinski definition) is 4. The van der Waals surface area contributed by atoms with Gasteiger partial charge in [0.25, 0.3) is 0 Å². The van der Waals surface area contributed by atoms with Gasteiger partial charge in [0.1, 0.15) is 5.54 Å². The van der Waals surface area contributed by atoms with E-state index in [9.17, 15) is 4.79 Å². The zero-order chi connectivity index (χ0) is 13.9. The van der Waals surface area contributed by atoms with Gasteiger partial charge in [-0.3, -0.25) is 4.79 Å². The van der Waals surface area contributed by atoms with Crippen molar-refractivity contribution in [3.05, 3.63) is 28.7 Å². The molecule has 2 N–H and O–H groups in total. The topological polar surface area (TPSA) is 52.3 Å². The number of benzene rings is 1. The van der Waals surface area contributed by atoms with Gasteiger partial charge in [-0.05, 0) is 53.7 Å². The molecule has 1 aliphatic carbocycles. The van der Waals surface area contributed by atoms with Crippen LogP contribution in [0.15, 0.2) is 33.6 Å². The van der Waals surface area contributed by atoms with Crippen molar-refractivity contribution < 1.29 is 9.53 Å². The molecule has 3 nitrogen and oxygen atoms in total. The van der Waals surface area contributed by atoms with E-state index in [1.807, 2.05) is 18.2 Å². The highest BCUT2D eigenvalue weighted by molar-refractivity contribution is 9.10. The van der Waals surface area contributed by atoms with Crippen LogP contribution in [0.4, 0.5) is 0 Å². The Kier molecular flexibility index (Phi) is 4.92. The van der Waals surface area contributed by atoms with E-state index in [2.05, 4.69) is 22.0 Å². The van der Waals surface area contributed by atoms with Crippen LogP contribution in [0.5, 0.6) is 0 Å². The van der Waals surface area contributed by atoms with Gasteiger partial charge < -0.3 is 10.5 Å². The second-order valence-electron chi connectivity index (χ2n) is 4.91. The quantitative estimate of drug-likeness (QED) is 0.855. The van der Waals surface area contributed by atoms with Crippen molar-refractivity contribution in [3.8, 4) is 0 Å². The maximum atomic E-state index is 11.8. The second-order valence-corrected chi connectivity index (χ2v) is 7.11. The normalized spacial score (nSPS) is 27.0. The Balaban J connectivity index is 2.06. The van der Waals surface area contributed by atoms with Crippen LogP contribution in [0.1, 0.15) is 25.7 Å². The van der Waals surface area contributed by atoms with Gasteiger partial charge in [-0.2, -0.15) is 0 Å². The lowest BCUT2D eigenvalue weighted by Gasteiger charge is -2.35. The van der Waals surface area contributed by atoms with E-state index in [-0.39, 0.29) is 5.97 Å². The average molecular weight is 344 g/mol. The third kappa shape index (κ3) is 3.52. The van der Waals surface area contributed by atoms with E-state index >= 15 is 0 Å². The standard InChI is InChI=1S/C14H18BrNO2S/c1-18-13(17)14(16)8-4-5-10(9-14)19-12-7-3-2-6-11(12)15/h2-3,6-7,10H,4-5,8-9,16H2,1H3. The Morgan fingerprint density at radius 3 is 2.95 bits per heavy atom. The fourth-order valence-electron chi connectivity index (χ4n) is 2.46. The zero-order valence-electron chi connectivity index (χ0n) is 10.9. The van der Waals surface area contributed by atoms with Crippen molar-refractivity contribution in [1.29, 1.82) is 0 Å². The Morgan fingerprint density at radius 2 is 2.26 bits per heavy atom. The predicted molar refractivity (Wildman–Crippen MR) is 81.2 cm³/mol. The van der Waals surface area contributed by atoms with Crippen molar-refractivity contribution in [3.63, 3.8) is 0 Å².